The smallest absolute Gasteiger partial charge is 0.338 e. The van der Waals surface area contributed by atoms with E-state index >= 15 is 0 Å². The molecule has 1 aliphatic rings. The van der Waals surface area contributed by atoms with Crippen LogP contribution in [-0.4, -0.2) is 23.3 Å². The van der Waals surface area contributed by atoms with E-state index in [1.165, 1.54) is 0 Å². The monoisotopic (exact) mass is 410 g/mol. The van der Waals surface area contributed by atoms with E-state index in [9.17, 15) is 14.9 Å². The minimum atomic E-state index is -0.386. The van der Waals surface area contributed by atoms with Gasteiger partial charge in [-0.15, -0.1) is 0 Å². The van der Waals surface area contributed by atoms with Gasteiger partial charge in [0.15, 0.2) is 0 Å². The Kier molecular flexibility index (Phi) is 6.09. The Bertz CT molecular complexity index is 1130. The van der Waals surface area contributed by atoms with Crippen LogP contribution in [0.25, 0.3) is 11.1 Å². The van der Waals surface area contributed by atoms with E-state index < -0.39 is 0 Å². The molecule has 0 aromatic heterocycles. The molecule has 1 saturated heterocycles. The first-order valence-corrected chi connectivity index (χ1v) is 10.3. The second-order valence-electron chi connectivity index (χ2n) is 7.55. The highest BCUT2D eigenvalue weighted by atomic mass is 16.5. The molecule has 0 atom stereocenters. The summed E-state index contributed by atoms with van der Waals surface area (Å²) in [5, 5.41) is 9.26. The van der Waals surface area contributed by atoms with Gasteiger partial charge in [0.2, 0.25) is 5.91 Å². The normalized spacial score (nSPS) is 13.1. The van der Waals surface area contributed by atoms with Gasteiger partial charge in [-0.2, -0.15) is 5.26 Å². The van der Waals surface area contributed by atoms with Crippen molar-refractivity contribution >= 4 is 11.9 Å². The van der Waals surface area contributed by atoms with Gasteiger partial charge < -0.3 is 9.64 Å². The van der Waals surface area contributed by atoms with Crippen molar-refractivity contribution in [1.82, 2.24) is 4.90 Å². The summed E-state index contributed by atoms with van der Waals surface area (Å²) >= 11 is 0. The molecule has 3 aromatic rings. The third-order valence-corrected chi connectivity index (χ3v) is 5.42. The van der Waals surface area contributed by atoms with Crippen LogP contribution in [0, 0.1) is 11.3 Å². The Balaban J connectivity index is 1.34. The minimum Gasteiger partial charge on any atom is -0.457 e. The third kappa shape index (κ3) is 4.81. The van der Waals surface area contributed by atoms with Crippen molar-refractivity contribution in [2.45, 2.75) is 26.0 Å². The zero-order chi connectivity index (χ0) is 21.6. The molecule has 3 aromatic carbocycles. The van der Waals surface area contributed by atoms with Crippen LogP contribution >= 0.6 is 0 Å². The van der Waals surface area contributed by atoms with E-state index in [1.54, 1.807) is 18.2 Å². The largest absolute Gasteiger partial charge is 0.457 e. The Labute approximate surface area is 181 Å². The van der Waals surface area contributed by atoms with Crippen LogP contribution in [-0.2, 0) is 22.7 Å². The van der Waals surface area contributed by atoms with Gasteiger partial charge in [-0.05, 0) is 46.9 Å². The Hall–Kier alpha value is -3.91. The highest BCUT2D eigenvalue weighted by molar-refractivity contribution is 5.89. The van der Waals surface area contributed by atoms with Crippen molar-refractivity contribution in [2.24, 2.45) is 0 Å². The summed E-state index contributed by atoms with van der Waals surface area (Å²) in [6, 6.07) is 24.5. The van der Waals surface area contributed by atoms with Gasteiger partial charge in [0, 0.05) is 19.5 Å². The topological polar surface area (TPSA) is 70.4 Å². The zero-order valence-electron chi connectivity index (χ0n) is 17.1. The van der Waals surface area contributed by atoms with E-state index in [2.05, 4.69) is 6.07 Å². The Morgan fingerprint density at radius 3 is 2.35 bits per heavy atom. The number of benzene rings is 3. The maximum absolute atomic E-state index is 12.4. The number of nitrogens with zero attached hydrogens (tertiary/aromatic N) is 2. The van der Waals surface area contributed by atoms with Crippen LogP contribution < -0.4 is 0 Å². The van der Waals surface area contributed by atoms with Crippen LogP contribution in [0.5, 0.6) is 0 Å². The standard InChI is InChI=1S/C26H22N2O3/c27-16-23-4-1-2-5-24(23)21-11-9-20(10-12-21)18-31-26(30)22-13-7-19(8-14-22)17-28-15-3-6-25(28)29/h1-2,4-5,7-14H,3,6,15,17-18H2. The van der Waals surface area contributed by atoms with Crippen LogP contribution in [0.15, 0.2) is 72.8 Å². The molecule has 4 rings (SSSR count). The number of likely N-dealkylation sites (tertiary alicyclic amines) is 1. The van der Waals surface area contributed by atoms with E-state index in [0.29, 0.717) is 24.1 Å². The van der Waals surface area contributed by atoms with Crippen LogP contribution in [0.2, 0.25) is 0 Å². The van der Waals surface area contributed by atoms with E-state index in [4.69, 9.17) is 4.74 Å². The fraction of sp³-hybridized carbons (Fsp3) is 0.192. The number of nitriles is 1. The summed E-state index contributed by atoms with van der Waals surface area (Å²) in [7, 11) is 0. The quantitative estimate of drug-likeness (QED) is 0.552. The van der Waals surface area contributed by atoms with Gasteiger partial charge in [-0.1, -0.05) is 54.6 Å². The molecule has 154 valence electrons. The first kappa shape index (κ1) is 20.4. The second kappa shape index (κ2) is 9.27. The number of esters is 1. The Morgan fingerprint density at radius 2 is 1.68 bits per heavy atom. The molecular formula is C26H22N2O3. The molecule has 5 heteroatoms. The lowest BCUT2D eigenvalue weighted by atomic mass is 9.99. The zero-order valence-corrected chi connectivity index (χ0v) is 17.1. The van der Waals surface area contributed by atoms with Crippen molar-refractivity contribution in [2.75, 3.05) is 6.54 Å². The summed E-state index contributed by atoms with van der Waals surface area (Å²) in [6.07, 6.45) is 1.53. The van der Waals surface area contributed by atoms with Crippen molar-refractivity contribution in [3.05, 3.63) is 95.1 Å². The SMILES string of the molecule is N#Cc1ccccc1-c1ccc(COC(=O)c2ccc(CN3CCCC3=O)cc2)cc1. The predicted octanol–water partition coefficient (Wildman–Crippen LogP) is 4.70. The molecule has 0 spiro atoms. The van der Waals surface area contributed by atoms with Crippen LogP contribution in [0.1, 0.15) is 39.9 Å². The number of hydrogen-bond acceptors (Lipinski definition) is 4. The van der Waals surface area contributed by atoms with Gasteiger partial charge in [-0.3, -0.25) is 4.79 Å². The minimum absolute atomic E-state index is 0.170. The third-order valence-electron chi connectivity index (χ3n) is 5.42. The van der Waals surface area contributed by atoms with Gasteiger partial charge in [0.25, 0.3) is 0 Å². The van der Waals surface area contributed by atoms with Crippen molar-refractivity contribution in [3.8, 4) is 17.2 Å². The van der Waals surface area contributed by atoms with Crippen molar-refractivity contribution in [3.63, 3.8) is 0 Å². The molecule has 1 aliphatic heterocycles. The first-order valence-electron chi connectivity index (χ1n) is 10.3. The number of hydrogen-bond donors (Lipinski definition) is 0. The molecule has 1 fully saturated rings. The summed E-state index contributed by atoms with van der Waals surface area (Å²) in [6.45, 7) is 1.54. The molecule has 1 amide bonds. The Morgan fingerprint density at radius 1 is 0.968 bits per heavy atom. The summed E-state index contributed by atoms with van der Waals surface area (Å²) in [4.78, 5) is 26.0. The lowest BCUT2D eigenvalue weighted by Crippen LogP contribution is -2.23. The average molecular weight is 410 g/mol. The first-order chi connectivity index (χ1) is 15.1. The van der Waals surface area contributed by atoms with E-state index in [-0.39, 0.29) is 18.5 Å². The molecule has 0 unspecified atom stereocenters. The summed E-state index contributed by atoms with van der Waals surface area (Å²) in [5.41, 5.74) is 4.80. The maximum Gasteiger partial charge on any atom is 0.338 e. The fourth-order valence-electron chi connectivity index (χ4n) is 3.68. The molecule has 1 heterocycles. The maximum atomic E-state index is 12.4. The molecule has 0 radical (unpaired) electrons. The highest BCUT2D eigenvalue weighted by Crippen LogP contribution is 2.24. The molecular weight excluding hydrogens is 388 g/mol. The summed E-state index contributed by atoms with van der Waals surface area (Å²) < 4.78 is 5.44. The number of carbonyl (C=O) groups is 2. The van der Waals surface area contributed by atoms with Gasteiger partial charge in [-0.25, -0.2) is 4.79 Å². The van der Waals surface area contributed by atoms with Gasteiger partial charge in [0.05, 0.1) is 17.2 Å². The van der Waals surface area contributed by atoms with Crippen LogP contribution in [0.3, 0.4) is 0 Å². The van der Waals surface area contributed by atoms with Crippen molar-refractivity contribution < 1.29 is 14.3 Å². The fourth-order valence-corrected chi connectivity index (χ4v) is 3.68. The molecule has 0 bridgehead atoms. The van der Waals surface area contributed by atoms with Gasteiger partial charge in [0.1, 0.15) is 6.61 Å². The lowest BCUT2D eigenvalue weighted by Gasteiger charge is -2.15. The van der Waals surface area contributed by atoms with Crippen molar-refractivity contribution in [1.29, 1.82) is 5.26 Å². The van der Waals surface area contributed by atoms with E-state index in [1.807, 2.05) is 59.5 Å². The van der Waals surface area contributed by atoms with Crippen LogP contribution in [0.4, 0.5) is 0 Å². The second-order valence-corrected chi connectivity index (χ2v) is 7.55. The predicted molar refractivity (Wildman–Crippen MR) is 117 cm³/mol. The number of rotatable bonds is 6. The number of amides is 1. The molecule has 0 aliphatic carbocycles. The molecule has 0 saturated carbocycles. The van der Waals surface area contributed by atoms with Gasteiger partial charge >= 0.3 is 5.97 Å². The molecule has 0 N–H and O–H groups in total. The number of carbonyl (C=O) groups excluding carboxylic acids is 2. The molecule has 5 nitrogen and oxygen atoms in total. The van der Waals surface area contributed by atoms with E-state index in [0.717, 1.165) is 35.2 Å². The summed E-state index contributed by atoms with van der Waals surface area (Å²) in [5.74, 6) is -0.201. The highest BCUT2D eigenvalue weighted by Gasteiger charge is 2.20. The molecule has 31 heavy (non-hydrogen) atoms. The average Bonchev–Trinajstić information content (AvgIpc) is 3.22. The lowest BCUT2D eigenvalue weighted by molar-refractivity contribution is -0.128. The number of ether oxygens (including phenoxy) is 1.